The molecule has 0 aliphatic carbocycles. The van der Waals surface area contributed by atoms with Gasteiger partial charge in [-0.25, -0.2) is 0 Å². The van der Waals surface area contributed by atoms with Crippen LogP contribution in [0.25, 0.3) is 0 Å². The Morgan fingerprint density at radius 1 is 1.22 bits per heavy atom. The van der Waals surface area contributed by atoms with Gasteiger partial charge in [0.15, 0.2) is 6.29 Å². The molecule has 0 N–H and O–H groups in total. The molecule has 0 unspecified atom stereocenters. The minimum Gasteiger partial charge on any atom is -0.354 e. The fraction of sp³-hybridized carbons (Fsp3) is 1.00. The molecule has 0 amide bonds. The van der Waals surface area contributed by atoms with Crippen LogP contribution in [0.2, 0.25) is 6.32 Å². The van der Waals surface area contributed by atoms with Gasteiger partial charge in [0.2, 0.25) is 0 Å². The highest BCUT2D eigenvalue weighted by atomic mass is 16.7. The summed E-state index contributed by atoms with van der Waals surface area (Å²) in [6, 6.07) is 0. The molecule has 0 saturated heterocycles. The van der Waals surface area contributed by atoms with Crippen LogP contribution in [-0.2, 0) is 9.47 Å². The molecule has 2 nitrogen and oxygen atoms in total. The van der Waals surface area contributed by atoms with Gasteiger partial charge < -0.3 is 9.47 Å². The first-order valence-corrected chi connectivity index (χ1v) is 3.58. The predicted octanol–water partition coefficient (Wildman–Crippen LogP) is 0.437. The van der Waals surface area contributed by atoms with Crippen molar-refractivity contribution in [3.8, 4) is 0 Å². The Hall–Kier alpha value is -0.0151. The van der Waals surface area contributed by atoms with Gasteiger partial charge in [0, 0.05) is 13.2 Å². The predicted molar refractivity (Wildman–Crippen MR) is 40.4 cm³/mol. The number of hydrogen-bond donors (Lipinski definition) is 0. The fourth-order valence-corrected chi connectivity index (χ4v) is 0.656. The van der Waals surface area contributed by atoms with Crippen molar-refractivity contribution >= 4 is 7.85 Å². The summed E-state index contributed by atoms with van der Waals surface area (Å²) in [4.78, 5) is 0. The van der Waals surface area contributed by atoms with Crippen LogP contribution in [0, 0.1) is 0 Å². The molecule has 0 aromatic heterocycles. The minimum absolute atomic E-state index is 0.0139. The van der Waals surface area contributed by atoms with Crippen molar-refractivity contribution in [2.24, 2.45) is 0 Å². The van der Waals surface area contributed by atoms with Gasteiger partial charge in [0.05, 0.1) is 0 Å². The Morgan fingerprint density at radius 2 is 1.67 bits per heavy atom. The molecule has 0 fully saturated rings. The van der Waals surface area contributed by atoms with E-state index in [-0.39, 0.29) is 6.29 Å². The smallest absolute Gasteiger partial charge is 0.150 e. The third kappa shape index (κ3) is 4.49. The molecule has 0 bridgehead atoms. The lowest BCUT2D eigenvalue weighted by molar-refractivity contribution is -0.122. The number of rotatable bonds is 5. The maximum Gasteiger partial charge on any atom is 0.150 e. The summed E-state index contributed by atoms with van der Waals surface area (Å²) in [5.74, 6) is 0. The van der Waals surface area contributed by atoms with E-state index in [0.29, 0.717) is 0 Å². The molecule has 0 atom stereocenters. The van der Waals surface area contributed by atoms with Gasteiger partial charge in [-0.2, -0.15) is 0 Å². The molecule has 0 aromatic carbocycles. The minimum atomic E-state index is 0.0139. The summed E-state index contributed by atoms with van der Waals surface area (Å²) in [6.07, 6.45) is 0.946. The molecule has 0 spiro atoms. The maximum absolute atomic E-state index is 5.21. The van der Waals surface area contributed by atoms with E-state index in [4.69, 9.17) is 9.47 Å². The second kappa shape index (κ2) is 6.11. The first-order chi connectivity index (χ1) is 4.35. The molecule has 9 heavy (non-hydrogen) atoms. The topological polar surface area (TPSA) is 18.5 Å². The van der Waals surface area contributed by atoms with Crippen molar-refractivity contribution in [3.05, 3.63) is 0 Å². The average Bonchev–Trinajstić information content (AvgIpc) is 1.88. The summed E-state index contributed by atoms with van der Waals surface area (Å²) < 4.78 is 10.4. The van der Waals surface area contributed by atoms with Crippen molar-refractivity contribution in [1.82, 2.24) is 0 Å². The second-order valence-corrected chi connectivity index (χ2v) is 1.75. The number of hydrogen-bond acceptors (Lipinski definition) is 2. The Morgan fingerprint density at radius 3 is 1.89 bits per heavy atom. The number of ether oxygens (including phenoxy) is 2. The summed E-state index contributed by atoms with van der Waals surface area (Å²) >= 11 is 0. The molecule has 54 valence electrons. The van der Waals surface area contributed by atoms with Crippen molar-refractivity contribution in [2.75, 3.05) is 13.2 Å². The van der Waals surface area contributed by atoms with Crippen LogP contribution in [0.4, 0.5) is 0 Å². The quantitative estimate of drug-likeness (QED) is 0.397. The molecule has 0 heterocycles. The van der Waals surface area contributed by atoms with Gasteiger partial charge in [0.25, 0.3) is 0 Å². The highest BCUT2D eigenvalue weighted by Gasteiger charge is 2.01. The van der Waals surface area contributed by atoms with Gasteiger partial charge in [-0.1, -0.05) is 0 Å². The zero-order valence-electron chi connectivity index (χ0n) is 6.52. The first-order valence-electron chi connectivity index (χ1n) is 3.58. The molecule has 0 aromatic rings. The van der Waals surface area contributed by atoms with Crippen LogP contribution in [0.5, 0.6) is 0 Å². The van der Waals surface area contributed by atoms with E-state index in [2.05, 4.69) is 7.85 Å². The van der Waals surface area contributed by atoms with E-state index < -0.39 is 0 Å². The van der Waals surface area contributed by atoms with Crippen LogP contribution in [0.15, 0.2) is 0 Å². The van der Waals surface area contributed by atoms with E-state index in [1.807, 2.05) is 13.8 Å². The summed E-state index contributed by atoms with van der Waals surface area (Å²) in [7, 11) is 2.05. The first kappa shape index (κ1) is 8.98. The zero-order chi connectivity index (χ0) is 7.11. The van der Waals surface area contributed by atoms with Crippen molar-refractivity contribution in [2.45, 2.75) is 26.5 Å². The van der Waals surface area contributed by atoms with Gasteiger partial charge in [-0.15, -0.1) is 0 Å². The Kier molecular flexibility index (Phi) is 6.10. The van der Waals surface area contributed by atoms with E-state index >= 15 is 0 Å². The molecule has 0 aliphatic rings. The highest BCUT2D eigenvalue weighted by Crippen LogP contribution is 1.97. The fourth-order valence-electron chi connectivity index (χ4n) is 0.656. The largest absolute Gasteiger partial charge is 0.354 e. The Balaban J connectivity index is 3.18. The molecule has 0 radical (unpaired) electrons. The van der Waals surface area contributed by atoms with E-state index in [1.54, 1.807) is 0 Å². The lowest BCUT2D eigenvalue weighted by Crippen LogP contribution is -2.16. The molecular weight excluding hydrogens is 115 g/mol. The Bertz CT molecular complexity index is 53.0. The molecule has 3 heteroatoms. The molecule has 0 saturated carbocycles. The third-order valence-corrected chi connectivity index (χ3v) is 1.04. The summed E-state index contributed by atoms with van der Waals surface area (Å²) in [5.41, 5.74) is 0. The van der Waals surface area contributed by atoms with Crippen LogP contribution < -0.4 is 0 Å². The monoisotopic (exact) mass is 130 g/mol. The maximum atomic E-state index is 5.21. The van der Waals surface area contributed by atoms with Crippen LogP contribution in [-0.4, -0.2) is 27.4 Å². The van der Waals surface area contributed by atoms with Crippen LogP contribution in [0.3, 0.4) is 0 Å². The van der Waals surface area contributed by atoms with Gasteiger partial charge in [-0.05, 0) is 20.2 Å². The van der Waals surface area contributed by atoms with Crippen LogP contribution in [0.1, 0.15) is 13.8 Å². The van der Waals surface area contributed by atoms with Crippen molar-refractivity contribution in [1.29, 1.82) is 0 Å². The molecular formula is C6H15BO2. The average molecular weight is 130 g/mol. The lowest BCUT2D eigenvalue weighted by atomic mass is 10.1. The third-order valence-electron chi connectivity index (χ3n) is 1.04. The lowest BCUT2D eigenvalue weighted by Gasteiger charge is -2.13. The van der Waals surface area contributed by atoms with Crippen molar-refractivity contribution in [3.63, 3.8) is 0 Å². The molecule has 0 rings (SSSR count). The molecule has 0 aliphatic heterocycles. The van der Waals surface area contributed by atoms with Gasteiger partial charge in [-0.3, -0.25) is 0 Å². The van der Waals surface area contributed by atoms with E-state index in [9.17, 15) is 0 Å². The SMILES string of the molecule is BCC(OCC)OCC. The normalized spacial score (nSPS) is 10.6. The van der Waals surface area contributed by atoms with Crippen LogP contribution >= 0.6 is 0 Å². The standard InChI is InChI=1S/C6H15BO2/c1-3-8-6(5-7)9-4-2/h6H,3-5,7H2,1-2H3. The summed E-state index contributed by atoms with van der Waals surface area (Å²) in [5, 5.41) is 0. The van der Waals surface area contributed by atoms with Gasteiger partial charge >= 0.3 is 0 Å². The van der Waals surface area contributed by atoms with Crippen molar-refractivity contribution < 1.29 is 9.47 Å². The zero-order valence-corrected chi connectivity index (χ0v) is 6.52. The summed E-state index contributed by atoms with van der Waals surface area (Å²) in [6.45, 7) is 5.42. The highest BCUT2D eigenvalue weighted by molar-refractivity contribution is 6.08. The van der Waals surface area contributed by atoms with Gasteiger partial charge in [0.1, 0.15) is 7.85 Å². The Labute approximate surface area is 57.9 Å². The second-order valence-electron chi connectivity index (χ2n) is 1.75. The van der Waals surface area contributed by atoms with E-state index in [1.165, 1.54) is 0 Å². The van der Waals surface area contributed by atoms with E-state index in [0.717, 1.165) is 19.5 Å².